The molecule has 1 unspecified atom stereocenters. The van der Waals surface area contributed by atoms with E-state index in [4.69, 9.17) is 15.4 Å². The number of imidazole rings is 1. The molecule has 0 bridgehead atoms. The van der Waals surface area contributed by atoms with Crippen LogP contribution in [0, 0.1) is 11.3 Å². The maximum atomic E-state index is 12.0. The van der Waals surface area contributed by atoms with Gasteiger partial charge >= 0.3 is 6.01 Å². The number of hydrogen-bond donors (Lipinski definition) is 2. The van der Waals surface area contributed by atoms with Crippen molar-refractivity contribution < 1.29 is 14.3 Å². The van der Waals surface area contributed by atoms with Gasteiger partial charge < -0.3 is 15.3 Å². The Bertz CT molecular complexity index is 1610. The molecule has 0 aliphatic carbocycles. The number of aliphatic hydroxyl groups is 1. The van der Waals surface area contributed by atoms with Gasteiger partial charge in [0.2, 0.25) is 5.91 Å². The molecule has 5 rings (SSSR count). The number of pyridine rings is 1. The van der Waals surface area contributed by atoms with Gasteiger partial charge in [0, 0.05) is 29.8 Å². The number of aliphatic imine (C=N–C) groups is 1. The van der Waals surface area contributed by atoms with Crippen LogP contribution in [0.3, 0.4) is 0 Å². The van der Waals surface area contributed by atoms with E-state index in [1.54, 1.807) is 43.4 Å². The quantitative estimate of drug-likeness (QED) is 0.302. The molecule has 3 aromatic heterocycles. The highest BCUT2D eigenvalue weighted by Gasteiger charge is 2.26. The Morgan fingerprint density at radius 1 is 1.32 bits per heavy atom. The predicted octanol–water partition coefficient (Wildman–Crippen LogP) is 3.71. The molecule has 1 amide bonds. The molecule has 186 valence electrons. The van der Waals surface area contributed by atoms with Gasteiger partial charge in [0.05, 0.1) is 23.3 Å². The fourth-order valence-corrected chi connectivity index (χ4v) is 4.18. The van der Waals surface area contributed by atoms with Crippen LogP contribution in [0.5, 0.6) is 0 Å². The summed E-state index contributed by atoms with van der Waals surface area (Å²) >= 11 is 0. The number of amides is 1. The minimum Gasteiger partial charge on any atom is -0.423 e. The van der Waals surface area contributed by atoms with E-state index >= 15 is 0 Å². The third kappa shape index (κ3) is 4.70. The second-order valence-electron chi connectivity index (χ2n) is 8.70. The third-order valence-electron chi connectivity index (χ3n) is 5.99. The van der Waals surface area contributed by atoms with Crippen LogP contribution in [-0.2, 0) is 4.79 Å². The van der Waals surface area contributed by atoms with Crippen LogP contribution in [0.1, 0.15) is 38.4 Å². The van der Waals surface area contributed by atoms with Crippen molar-refractivity contribution in [1.29, 1.82) is 5.26 Å². The zero-order valence-electron chi connectivity index (χ0n) is 20.3. The number of benzene rings is 1. The maximum absolute atomic E-state index is 12.0. The molecule has 37 heavy (non-hydrogen) atoms. The summed E-state index contributed by atoms with van der Waals surface area (Å²) in [5.41, 5.74) is 8.93. The molecule has 4 heterocycles. The number of carbonyl (C=O) groups excluding carboxylic acids is 1. The lowest BCUT2D eigenvalue weighted by Crippen LogP contribution is -2.23. The molecule has 3 N–H and O–H groups in total. The molecule has 0 saturated carbocycles. The number of aromatic nitrogens is 4. The lowest BCUT2D eigenvalue weighted by Gasteiger charge is -2.11. The number of nitrogens with zero attached hydrogens (tertiary/aromatic N) is 7. The summed E-state index contributed by atoms with van der Waals surface area (Å²) < 4.78 is 7.68. The standard InChI is InChI=1S/C26H24N8O3/c1-15(10-18(28)12-27)31-25-19(16(2)35)6-8-23(32-25)34-14-30-20-11-17(5-7-21(20)34)22-13-29-26(37-22)33-9-3-4-24(33)36/h5-8,10-11,13-14,16,35H,3-4,9,28H2,1-2H3/b18-10-,31-15+. The maximum Gasteiger partial charge on any atom is 0.304 e. The molecular weight excluding hydrogens is 472 g/mol. The van der Waals surface area contributed by atoms with E-state index in [0.717, 1.165) is 17.5 Å². The number of allylic oxidation sites excluding steroid dienone is 2. The number of carbonyl (C=O) groups is 1. The molecule has 0 radical (unpaired) electrons. The van der Waals surface area contributed by atoms with Gasteiger partial charge in [0.15, 0.2) is 11.6 Å². The largest absolute Gasteiger partial charge is 0.423 e. The average Bonchev–Trinajstić information content (AvgIpc) is 3.62. The second-order valence-corrected chi connectivity index (χ2v) is 8.70. The van der Waals surface area contributed by atoms with Crippen molar-refractivity contribution in [3.05, 3.63) is 60.2 Å². The Balaban J connectivity index is 1.49. The van der Waals surface area contributed by atoms with Crippen LogP contribution < -0.4 is 10.6 Å². The summed E-state index contributed by atoms with van der Waals surface area (Å²) in [5, 5.41) is 19.1. The first-order valence-corrected chi connectivity index (χ1v) is 11.7. The molecule has 1 aliphatic rings. The van der Waals surface area contributed by atoms with E-state index in [0.29, 0.717) is 53.2 Å². The van der Waals surface area contributed by atoms with Crippen molar-refractivity contribution in [3.8, 4) is 23.2 Å². The molecule has 11 nitrogen and oxygen atoms in total. The van der Waals surface area contributed by atoms with E-state index in [1.807, 2.05) is 28.8 Å². The first kappa shape index (κ1) is 23.9. The van der Waals surface area contributed by atoms with Gasteiger partial charge in [-0.25, -0.2) is 19.9 Å². The van der Waals surface area contributed by atoms with Gasteiger partial charge in [-0.05, 0) is 56.7 Å². The smallest absolute Gasteiger partial charge is 0.304 e. The first-order chi connectivity index (χ1) is 17.8. The van der Waals surface area contributed by atoms with Gasteiger partial charge in [0.25, 0.3) is 0 Å². The van der Waals surface area contributed by atoms with E-state index in [9.17, 15) is 9.90 Å². The fraction of sp³-hybridized carbons (Fsp3) is 0.231. The van der Waals surface area contributed by atoms with Gasteiger partial charge in [-0.3, -0.25) is 14.3 Å². The minimum atomic E-state index is -0.796. The SMILES string of the molecule is CC(/C=C(\N)C#N)=N\c1nc(-n2cnc3cc(-c4cnc(N5CCCC5=O)o4)ccc32)ccc1C(C)O. The normalized spacial score (nSPS) is 15.4. The number of nitriles is 1. The summed E-state index contributed by atoms with van der Waals surface area (Å²) in [6.45, 7) is 3.94. The number of nitrogens with two attached hydrogens (primary N) is 1. The lowest BCUT2D eigenvalue weighted by atomic mass is 10.1. The molecule has 1 saturated heterocycles. The predicted molar refractivity (Wildman–Crippen MR) is 137 cm³/mol. The average molecular weight is 497 g/mol. The topological polar surface area (TPSA) is 159 Å². The Kier molecular flexibility index (Phi) is 6.25. The summed E-state index contributed by atoms with van der Waals surface area (Å²) in [6, 6.07) is 11.4. The Morgan fingerprint density at radius 3 is 2.89 bits per heavy atom. The molecule has 1 aliphatic heterocycles. The molecule has 1 atom stereocenters. The molecule has 0 spiro atoms. The molecule has 1 fully saturated rings. The van der Waals surface area contributed by atoms with Crippen molar-refractivity contribution in [2.24, 2.45) is 10.7 Å². The van der Waals surface area contributed by atoms with Crippen molar-refractivity contribution in [1.82, 2.24) is 19.5 Å². The molecule has 4 aromatic rings. The van der Waals surface area contributed by atoms with E-state index in [2.05, 4.69) is 19.9 Å². The van der Waals surface area contributed by atoms with Crippen LogP contribution in [-0.4, -0.2) is 42.8 Å². The zero-order valence-corrected chi connectivity index (χ0v) is 20.3. The highest BCUT2D eigenvalue weighted by atomic mass is 16.4. The molecular formula is C26H24N8O3. The van der Waals surface area contributed by atoms with Crippen LogP contribution in [0.25, 0.3) is 28.2 Å². The molecule has 11 heteroatoms. The van der Waals surface area contributed by atoms with E-state index < -0.39 is 6.10 Å². The van der Waals surface area contributed by atoms with E-state index in [1.165, 1.54) is 6.08 Å². The number of aliphatic hydroxyl groups excluding tert-OH is 1. The van der Waals surface area contributed by atoms with Crippen LogP contribution in [0.4, 0.5) is 11.8 Å². The zero-order chi connectivity index (χ0) is 26.1. The highest BCUT2D eigenvalue weighted by Crippen LogP contribution is 2.31. The van der Waals surface area contributed by atoms with Gasteiger partial charge in [0.1, 0.15) is 23.9 Å². The minimum absolute atomic E-state index is 0.0140. The summed E-state index contributed by atoms with van der Waals surface area (Å²) in [4.78, 5) is 31.5. The van der Waals surface area contributed by atoms with Gasteiger partial charge in [-0.1, -0.05) is 0 Å². The highest BCUT2D eigenvalue weighted by molar-refractivity contribution is 5.95. The van der Waals surface area contributed by atoms with Crippen molar-refractivity contribution in [2.45, 2.75) is 32.8 Å². The first-order valence-electron chi connectivity index (χ1n) is 11.7. The third-order valence-corrected chi connectivity index (χ3v) is 5.99. The Morgan fingerprint density at radius 2 is 2.16 bits per heavy atom. The Labute approximate surface area is 212 Å². The second kappa shape index (κ2) is 9.67. The van der Waals surface area contributed by atoms with Crippen LogP contribution in [0.2, 0.25) is 0 Å². The van der Waals surface area contributed by atoms with Crippen molar-refractivity contribution in [3.63, 3.8) is 0 Å². The van der Waals surface area contributed by atoms with Crippen LogP contribution >= 0.6 is 0 Å². The van der Waals surface area contributed by atoms with E-state index in [-0.39, 0.29) is 11.6 Å². The van der Waals surface area contributed by atoms with Gasteiger partial charge in [-0.15, -0.1) is 0 Å². The lowest BCUT2D eigenvalue weighted by molar-refractivity contribution is -0.117. The van der Waals surface area contributed by atoms with Crippen LogP contribution in [0.15, 0.2) is 64.0 Å². The van der Waals surface area contributed by atoms with Crippen molar-refractivity contribution in [2.75, 3.05) is 11.4 Å². The summed E-state index contributed by atoms with van der Waals surface area (Å²) in [7, 11) is 0. The monoisotopic (exact) mass is 496 g/mol. The Hall–Kier alpha value is -4.82. The number of rotatable bonds is 6. The number of fused-ring (bicyclic) bond motifs is 1. The fourth-order valence-electron chi connectivity index (χ4n) is 4.18. The number of oxazole rings is 1. The number of anilines is 1. The molecule has 1 aromatic carbocycles. The number of hydrogen-bond acceptors (Lipinski definition) is 9. The van der Waals surface area contributed by atoms with Gasteiger partial charge in [-0.2, -0.15) is 5.26 Å². The summed E-state index contributed by atoms with van der Waals surface area (Å²) in [6.07, 6.45) is 5.21. The van der Waals surface area contributed by atoms with Crippen molar-refractivity contribution >= 4 is 34.5 Å². The summed E-state index contributed by atoms with van der Waals surface area (Å²) in [5.74, 6) is 1.43.